The van der Waals surface area contributed by atoms with E-state index in [1.807, 2.05) is 12.3 Å². The number of hydrogen-bond acceptors (Lipinski definition) is 3. The first kappa shape index (κ1) is 16.9. The third kappa shape index (κ3) is 3.54. The summed E-state index contributed by atoms with van der Waals surface area (Å²) in [5, 5.41) is 0. The molecule has 4 rings (SSSR count). The van der Waals surface area contributed by atoms with Crippen molar-refractivity contribution in [1.29, 1.82) is 0 Å². The van der Waals surface area contributed by atoms with Crippen molar-refractivity contribution < 1.29 is 0 Å². The molecule has 0 fully saturated rings. The second-order valence-corrected chi connectivity index (χ2v) is 7.06. The molecule has 0 radical (unpaired) electrons. The molecular weight excluding hydrogens is 336 g/mol. The summed E-state index contributed by atoms with van der Waals surface area (Å²) in [6.07, 6.45) is 16.5. The van der Waals surface area contributed by atoms with Crippen LogP contribution < -0.4 is 4.72 Å². The lowest BCUT2D eigenvalue weighted by atomic mass is 9.92. The molecule has 0 bridgehead atoms. The van der Waals surface area contributed by atoms with E-state index < -0.39 is 0 Å². The van der Waals surface area contributed by atoms with Gasteiger partial charge in [-0.1, -0.05) is 66.6 Å². The first-order valence-electron chi connectivity index (χ1n) is 8.98. The Morgan fingerprint density at radius 2 is 1.88 bits per heavy atom. The van der Waals surface area contributed by atoms with E-state index in [1.54, 1.807) is 11.9 Å². The van der Waals surface area contributed by atoms with Gasteiger partial charge in [-0.3, -0.25) is 0 Å². The molecule has 0 spiro atoms. The molecule has 130 valence electrons. The van der Waals surface area contributed by atoms with Crippen LogP contribution in [0.3, 0.4) is 0 Å². The van der Waals surface area contributed by atoms with Crippen molar-refractivity contribution in [2.45, 2.75) is 19.3 Å². The maximum absolute atomic E-state index is 4.75. The van der Waals surface area contributed by atoms with Crippen molar-refractivity contribution in [2.75, 3.05) is 11.0 Å². The molecule has 2 aliphatic carbocycles. The Morgan fingerprint density at radius 3 is 2.81 bits per heavy atom. The van der Waals surface area contributed by atoms with E-state index in [4.69, 9.17) is 4.98 Å². The largest absolute Gasteiger partial charge is 0.315 e. The summed E-state index contributed by atoms with van der Waals surface area (Å²) in [6, 6.07) is 14.9. The molecule has 1 aromatic carbocycles. The van der Waals surface area contributed by atoms with E-state index in [2.05, 4.69) is 71.5 Å². The number of nitrogens with one attached hydrogen (secondary N) is 1. The van der Waals surface area contributed by atoms with Crippen LogP contribution in [0, 0.1) is 0 Å². The van der Waals surface area contributed by atoms with Crippen molar-refractivity contribution in [3.8, 4) is 0 Å². The van der Waals surface area contributed by atoms with E-state index in [0.29, 0.717) is 0 Å². The zero-order valence-corrected chi connectivity index (χ0v) is 15.7. The average molecular weight is 359 g/mol. The van der Waals surface area contributed by atoms with Gasteiger partial charge in [0.05, 0.1) is 5.69 Å². The monoisotopic (exact) mass is 358 g/mol. The Bertz CT molecular complexity index is 935. The molecule has 0 amide bonds. The number of benzene rings is 1. The highest BCUT2D eigenvalue weighted by atomic mass is 32.2. The Balaban J connectivity index is 1.89. The Morgan fingerprint density at radius 1 is 1.00 bits per heavy atom. The number of rotatable bonds is 3. The van der Waals surface area contributed by atoms with Gasteiger partial charge in [0.2, 0.25) is 0 Å². The molecule has 26 heavy (non-hydrogen) atoms. The fourth-order valence-electron chi connectivity index (χ4n) is 3.56. The highest BCUT2D eigenvalue weighted by Gasteiger charge is 2.18. The quantitative estimate of drug-likeness (QED) is 0.674. The van der Waals surface area contributed by atoms with Crippen LogP contribution in [0.15, 0.2) is 77.9 Å². The Kier molecular flexibility index (Phi) is 5.07. The van der Waals surface area contributed by atoms with Gasteiger partial charge in [0.1, 0.15) is 5.82 Å². The number of pyridine rings is 1. The molecule has 0 aliphatic heterocycles. The van der Waals surface area contributed by atoms with Crippen LogP contribution in [0.25, 0.3) is 11.6 Å². The van der Waals surface area contributed by atoms with E-state index in [0.717, 1.165) is 30.8 Å². The van der Waals surface area contributed by atoms with Crippen LogP contribution in [-0.2, 0) is 6.42 Å². The molecule has 1 N–H and O–H groups in total. The first-order chi connectivity index (χ1) is 12.8. The van der Waals surface area contributed by atoms with Gasteiger partial charge in [0.25, 0.3) is 0 Å². The number of aromatic nitrogens is 1. The van der Waals surface area contributed by atoms with Gasteiger partial charge >= 0.3 is 0 Å². The van der Waals surface area contributed by atoms with E-state index >= 15 is 0 Å². The summed E-state index contributed by atoms with van der Waals surface area (Å²) in [7, 11) is 0. The predicted octanol–water partition coefficient (Wildman–Crippen LogP) is 6.07. The topological polar surface area (TPSA) is 24.9 Å². The highest BCUT2D eigenvalue weighted by molar-refractivity contribution is 7.99. The Labute approximate surface area is 159 Å². The fourth-order valence-corrected chi connectivity index (χ4v) is 3.89. The molecule has 2 aromatic rings. The lowest BCUT2D eigenvalue weighted by Gasteiger charge is -2.12. The number of anilines is 1. The molecule has 3 heteroatoms. The van der Waals surface area contributed by atoms with Gasteiger partial charge < -0.3 is 4.72 Å². The predicted molar refractivity (Wildman–Crippen MR) is 114 cm³/mol. The molecule has 0 saturated carbocycles. The van der Waals surface area contributed by atoms with Crippen LogP contribution in [0.4, 0.5) is 5.82 Å². The maximum atomic E-state index is 4.75. The average Bonchev–Trinajstić information content (AvgIpc) is 2.97. The first-order valence-corrected chi connectivity index (χ1v) is 10.2. The van der Waals surface area contributed by atoms with E-state index in [9.17, 15) is 0 Å². The molecule has 1 aromatic heterocycles. The van der Waals surface area contributed by atoms with Gasteiger partial charge in [-0.2, -0.15) is 0 Å². The lowest BCUT2D eigenvalue weighted by molar-refractivity contribution is 0.967. The SMILES string of the molecule is CSNc1cccc(/C=C2\C3=C(C=CCC=C3)CCc3ccccc32)n1. The summed E-state index contributed by atoms with van der Waals surface area (Å²) in [5.74, 6) is 0.888. The summed E-state index contributed by atoms with van der Waals surface area (Å²) in [5.41, 5.74) is 7.72. The molecular formula is C23H22N2S. The number of hydrogen-bond donors (Lipinski definition) is 1. The minimum atomic E-state index is 0.888. The van der Waals surface area contributed by atoms with Gasteiger partial charge in [-0.25, -0.2) is 4.98 Å². The zero-order valence-electron chi connectivity index (χ0n) is 14.9. The molecule has 0 atom stereocenters. The normalized spacial score (nSPS) is 17.5. The third-order valence-corrected chi connectivity index (χ3v) is 5.17. The van der Waals surface area contributed by atoms with Gasteiger partial charge in [0.15, 0.2) is 0 Å². The van der Waals surface area contributed by atoms with Crippen LogP contribution in [0.2, 0.25) is 0 Å². The molecule has 1 heterocycles. The number of aryl methyl sites for hydroxylation is 1. The second kappa shape index (κ2) is 7.79. The van der Waals surface area contributed by atoms with Crippen molar-refractivity contribution in [3.05, 3.63) is 94.7 Å². The van der Waals surface area contributed by atoms with Crippen molar-refractivity contribution >= 4 is 29.4 Å². The fraction of sp³-hybridized carbons (Fsp3) is 0.174. The standard InChI is InChI=1S/C23H22N2S/c1-26-25-23-13-7-10-19(24-23)16-22-20-11-4-2-3-8-17(20)14-15-18-9-5-6-12-21(18)22/h3-13,16H,2,14-15H2,1H3,(H,24,25)/b22-16+. The van der Waals surface area contributed by atoms with Crippen LogP contribution in [0.1, 0.15) is 29.7 Å². The summed E-state index contributed by atoms with van der Waals surface area (Å²) in [4.78, 5) is 4.75. The summed E-state index contributed by atoms with van der Waals surface area (Å²) >= 11 is 1.56. The number of allylic oxidation sites excluding steroid dienone is 7. The summed E-state index contributed by atoms with van der Waals surface area (Å²) in [6.45, 7) is 0. The molecule has 2 nitrogen and oxygen atoms in total. The van der Waals surface area contributed by atoms with Crippen molar-refractivity contribution in [1.82, 2.24) is 4.98 Å². The van der Waals surface area contributed by atoms with Gasteiger partial charge in [0, 0.05) is 6.26 Å². The smallest absolute Gasteiger partial charge is 0.136 e. The van der Waals surface area contributed by atoms with E-state index in [-0.39, 0.29) is 0 Å². The Hall–Kier alpha value is -2.52. The minimum Gasteiger partial charge on any atom is -0.315 e. The van der Waals surface area contributed by atoms with Crippen LogP contribution >= 0.6 is 11.9 Å². The third-order valence-electron chi connectivity index (χ3n) is 4.75. The van der Waals surface area contributed by atoms with Crippen molar-refractivity contribution in [2.24, 2.45) is 0 Å². The molecule has 2 aliphatic rings. The number of nitrogens with zero attached hydrogens (tertiary/aromatic N) is 1. The maximum Gasteiger partial charge on any atom is 0.136 e. The van der Waals surface area contributed by atoms with Crippen LogP contribution in [-0.4, -0.2) is 11.2 Å². The van der Waals surface area contributed by atoms with Crippen molar-refractivity contribution in [3.63, 3.8) is 0 Å². The van der Waals surface area contributed by atoms with Gasteiger partial charge in [-0.15, -0.1) is 0 Å². The number of fused-ring (bicyclic) bond motifs is 1. The molecule has 0 saturated heterocycles. The molecule has 0 unspecified atom stereocenters. The van der Waals surface area contributed by atoms with Crippen LogP contribution in [0.5, 0.6) is 0 Å². The zero-order chi connectivity index (χ0) is 17.8. The lowest BCUT2D eigenvalue weighted by Crippen LogP contribution is -1.95. The minimum absolute atomic E-state index is 0.888. The summed E-state index contributed by atoms with van der Waals surface area (Å²) < 4.78 is 3.22. The highest BCUT2D eigenvalue weighted by Crippen LogP contribution is 2.37. The second-order valence-electron chi connectivity index (χ2n) is 6.45. The van der Waals surface area contributed by atoms with E-state index in [1.165, 1.54) is 27.8 Å². The van der Waals surface area contributed by atoms with Gasteiger partial charge in [-0.05, 0) is 65.3 Å².